The van der Waals surface area contributed by atoms with Crippen molar-refractivity contribution in [3.63, 3.8) is 0 Å². The number of nitrogens with zero attached hydrogens (tertiary/aromatic N) is 2. The summed E-state index contributed by atoms with van der Waals surface area (Å²) in [5, 5.41) is 9.27. The van der Waals surface area contributed by atoms with E-state index in [1.54, 1.807) is 6.20 Å². The van der Waals surface area contributed by atoms with Crippen molar-refractivity contribution in [3.05, 3.63) is 17.2 Å². The molecule has 0 bridgehead atoms. The summed E-state index contributed by atoms with van der Waals surface area (Å²) in [4.78, 5) is 19.1. The van der Waals surface area contributed by atoms with Gasteiger partial charge in [0.1, 0.15) is 0 Å². The van der Waals surface area contributed by atoms with E-state index in [-0.39, 0.29) is 17.3 Å². The van der Waals surface area contributed by atoms with Crippen molar-refractivity contribution in [3.8, 4) is 5.75 Å². The molecule has 0 radical (unpaired) electrons. The predicted octanol–water partition coefficient (Wildman–Crippen LogP) is 2.71. The van der Waals surface area contributed by atoms with Crippen molar-refractivity contribution in [2.45, 2.75) is 45.1 Å². The number of aliphatic carboxylic acids is 1. The first-order chi connectivity index (χ1) is 9.10. The van der Waals surface area contributed by atoms with Crippen LogP contribution in [0, 0.1) is 5.92 Å². The first-order valence-electron chi connectivity index (χ1n) is 6.51. The fraction of sp³-hybridized carbons (Fsp3) is 0.615. The Labute approximate surface area is 117 Å². The van der Waals surface area contributed by atoms with Crippen molar-refractivity contribution in [2.75, 3.05) is 0 Å². The molecule has 2 rings (SSSR count). The van der Waals surface area contributed by atoms with Crippen LogP contribution in [0.5, 0.6) is 5.75 Å². The van der Waals surface area contributed by atoms with E-state index in [1.165, 1.54) is 0 Å². The minimum atomic E-state index is -0.739. The number of carbonyl (C=O) groups is 1. The molecule has 1 heterocycles. The average molecular weight is 285 g/mol. The summed E-state index contributed by atoms with van der Waals surface area (Å²) >= 11 is 5.75. The molecular formula is C13H17ClN2O3. The molecule has 1 aromatic heterocycles. The zero-order valence-electron chi connectivity index (χ0n) is 10.8. The van der Waals surface area contributed by atoms with E-state index in [0.717, 1.165) is 25.0 Å². The SMILES string of the molecule is CCc1nc(Cl)ncc1O[C@H]1CCC[C@H](C(=O)O)C1. The maximum absolute atomic E-state index is 11.0. The summed E-state index contributed by atoms with van der Waals surface area (Å²) in [6, 6.07) is 0. The summed E-state index contributed by atoms with van der Waals surface area (Å²) in [6.45, 7) is 1.96. The second kappa shape index (κ2) is 6.19. The molecule has 0 aliphatic heterocycles. The number of aryl methyl sites for hydroxylation is 1. The number of ether oxygens (including phenoxy) is 1. The van der Waals surface area contributed by atoms with Crippen molar-refractivity contribution in [2.24, 2.45) is 5.92 Å². The van der Waals surface area contributed by atoms with Gasteiger partial charge in [-0.1, -0.05) is 6.92 Å². The zero-order valence-corrected chi connectivity index (χ0v) is 11.6. The van der Waals surface area contributed by atoms with Crippen LogP contribution in [-0.4, -0.2) is 27.1 Å². The molecule has 1 aliphatic carbocycles. The van der Waals surface area contributed by atoms with E-state index in [2.05, 4.69) is 9.97 Å². The van der Waals surface area contributed by atoms with Crippen molar-refractivity contribution in [1.82, 2.24) is 9.97 Å². The van der Waals surface area contributed by atoms with Gasteiger partial charge >= 0.3 is 5.97 Å². The molecule has 2 atom stereocenters. The molecular weight excluding hydrogens is 268 g/mol. The number of carboxylic acids is 1. The fourth-order valence-electron chi connectivity index (χ4n) is 2.39. The third-order valence-electron chi connectivity index (χ3n) is 3.40. The third-order valence-corrected chi connectivity index (χ3v) is 3.59. The number of hydrogen-bond donors (Lipinski definition) is 1. The lowest BCUT2D eigenvalue weighted by molar-refractivity contribution is -0.143. The number of halogens is 1. The molecule has 6 heteroatoms. The lowest BCUT2D eigenvalue weighted by Gasteiger charge is -2.27. The van der Waals surface area contributed by atoms with E-state index in [1.807, 2.05) is 6.92 Å². The van der Waals surface area contributed by atoms with E-state index in [0.29, 0.717) is 18.6 Å². The molecule has 0 saturated heterocycles. The first kappa shape index (κ1) is 14.1. The molecule has 5 nitrogen and oxygen atoms in total. The van der Waals surface area contributed by atoms with Gasteiger partial charge < -0.3 is 9.84 Å². The van der Waals surface area contributed by atoms with Crippen LogP contribution in [0.2, 0.25) is 5.28 Å². The number of rotatable bonds is 4. The molecule has 0 amide bonds. The van der Waals surface area contributed by atoms with Crippen LogP contribution in [0.25, 0.3) is 0 Å². The maximum Gasteiger partial charge on any atom is 0.306 e. The Hall–Kier alpha value is -1.36. The second-order valence-electron chi connectivity index (χ2n) is 4.75. The van der Waals surface area contributed by atoms with E-state index < -0.39 is 5.97 Å². The highest BCUT2D eigenvalue weighted by atomic mass is 35.5. The number of hydrogen-bond acceptors (Lipinski definition) is 4. The van der Waals surface area contributed by atoms with Gasteiger partial charge in [-0.3, -0.25) is 4.79 Å². The van der Waals surface area contributed by atoms with Gasteiger partial charge in [0.2, 0.25) is 5.28 Å². The van der Waals surface area contributed by atoms with Crippen LogP contribution in [0.1, 0.15) is 38.3 Å². The van der Waals surface area contributed by atoms with Gasteiger partial charge in [0.05, 0.1) is 23.9 Å². The van der Waals surface area contributed by atoms with Crippen molar-refractivity contribution >= 4 is 17.6 Å². The Balaban J connectivity index is 2.06. The predicted molar refractivity (Wildman–Crippen MR) is 70.4 cm³/mol. The van der Waals surface area contributed by atoms with Gasteiger partial charge in [-0.2, -0.15) is 0 Å². The van der Waals surface area contributed by atoms with Crippen molar-refractivity contribution in [1.29, 1.82) is 0 Å². The van der Waals surface area contributed by atoms with Gasteiger partial charge in [0.15, 0.2) is 5.75 Å². The summed E-state index contributed by atoms with van der Waals surface area (Å²) in [7, 11) is 0. The molecule has 0 spiro atoms. The quantitative estimate of drug-likeness (QED) is 0.861. The molecule has 0 unspecified atom stereocenters. The summed E-state index contributed by atoms with van der Waals surface area (Å²) < 4.78 is 5.87. The normalized spacial score (nSPS) is 23.1. The van der Waals surface area contributed by atoms with Gasteiger partial charge in [-0.05, 0) is 43.7 Å². The highest BCUT2D eigenvalue weighted by Gasteiger charge is 2.28. The number of aromatic nitrogens is 2. The molecule has 0 aromatic carbocycles. The topological polar surface area (TPSA) is 72.3 Å². The van der Waals surface area contributed by atoms with E-state index >= 15 is 0 Å². The van der Waals surface area contributed by atoms with Gasteiger partial charge in [-0.25, -0.2) is 9.97 Å². The molecule has 1 saturated carbocycles. The minimum Gasteiger partial charge on any atom is -0.487 e. The minimum absolute atomic E-state index is 0.0788. The second-order valence-corrected chi connectivity index (χ2v) is 5.08. The molecule has 104 valence electrons. The van der Waals surface area contributed by atoms with Gasteiger partial charge in [0, 0.05) is 0 Å². The molecule has 1 fully saturated rings. The Bertz CT molecular complexity index is 467. The van der Waals surface area contributed by atoms with E-state index in [9.17, 15) is 4.79 Å². The van der Waals surface area contributed by atoms with Crippen LogP contribution >= 0.6 is 11.6 Å². The highest BCUT2D eigenvalue weighted by Crippen LogP contribution is 2.29. The summed E-state index contributed by atoms with van der Waals surface area (Å²) in [6.07, 6.45) is 5.21. The van der Waals surface area contributed by atoms with Crippen molar-refractivity contribution < 1.29 is 14.6 Å². The van der Waals surface area contributed by atoms with E-state index in [4.69, 9.17) is 21.4 Å². The summed E-state index contributed by atoms with van der Waals surface area (Å²) in [5.41, 5.74) is 0.762. The van der Waals surface area contributed by atoms with Crippen LogP contribution in [0.4, 0.5) is 0 Å². The van der Waals surface area contributed by atoms with Gasteiger partial charge in [0.25, 0.3) is 0 Å². The van der Waals surface area contributed by atoms with Gasteiger partial charge in [-0.15, -0.1) is 0 Å². The largest absolute Gasteiger partial charge is 0.487 e. The zero-order chi connectivity index (χ0) is 13.8. The average Bonchev–Trinajstić information content (AvgIpc) is 2.41. The Morgan fingerprint density at radius 2 is 2.37 bits per heavy atom. The smallest absolute Gasteiger partial charge is 0.306 e. The third kappa shape index (κ3) is 3.56. The molecule has 1 aromatic rings. The van der Waals surface area contributed by atoms with Crippen LogP contribution < -0.4 is 4.74 Å². The number of carboxylic acid groups (broad SMARTS) is 1. The van der Waals surface area contributed by atoms with Crippen LogP contribution in [-0.2, 0) is 11.2 Å². The molecule has 1 aliphatic rings. The van der Waals surface area contributed by atoms with Crippen LogP contribution in [0.3, 0.4) is 0 Å². The van der Waals surface area contributed by atoms with Crippen LogP contribution in [0.15, 0.2) is 6.20 Å². The fourth-order valence-corrected chi connectivity index (χ4v) is 2.54. The maximum atomic E-state index is 11.0. The highest BCUT2D eigenvalue weighted by molar-refractivity contribution is 6.28. The monoisotopic (exact) mass is 284 g/mol. The Kier molecular flexibility index (Phi) is 4.58. The lowest BCUT2D eigenvalue weighted by atomic mass is 9.87. The molecule has 19 heavy (non-hydrogen) atoms. The standard InChI is InChI=1S/C13H17ClN2O3/c1-2-10-11(7-15-13(14)16-10)19-9-5-3-4-8(6-9)12(17)18/h7-9H,2-6H2,1H3,(H,17,18)/t8-,9-/m0/s1. The summed E-state index contributed by atoms with van der Waals surface area (Å²) in [5.74, 6) is -0.434. The first-order valence-corrected chi connectivity index (χ1v) is 6.88. The Morgan fingerprint density at radius 1 is 1.58 bits per heavy atom. The lowest BCUT2D eigenvalue weighted by Crippen LogP contribution is -2.29. The Morgan fingerprint density at radius 3 is 3.05 bits per heavy atom. The molecule has 1 N–H and O–H groups in total.